The fourth-order valence-corrected chi connectivity index (χ4v) is 1.70. The Morgan fingerprint density at radius 3 is 3.00 bits per heavy atom. The van der Waals surface area contributed by atoms with Crippen molar-refractivity contribution in [1.29, 1.82) is 0 Å². The van der Waals surface area contributed by atoms with Gasteiger partial charge < -0.3 is 15.2 Å². The second-order valence-electron chi connectivity index (χ2n) is 3.87. The number of amides is 1. The molecule has 0 radical (unpaired) electrons. The van der Waals surface area contributed by atoms with Gasteiger partial charge in [-0.15, -0.1) is 0 Å². The fourth-order valence-electron chi connectivity index (χ4n) is 1.70. The van der Waals surface area contributed by atoms with E-state index in [1.807, 2.05) is 0 Å². The number of nitrogens with zero attached hydrogens (tertiary/aromatic N) is 1. The van der Waals surface area contributed by atoms with E-state index in [-0.39, 0.29) is 29.5 Å². The summed E-state index contributed by atoms with van der Waals surface area (Å²) in [6.45, 7) is 0. The van der Waals surface area contributed by atoms with Crippen molar-refractivity contribution in [1.82, 2.24) is 10.3 Å². The molecule has 1 aliphatic carbocycles. The van der Waals surface area contributed by atoms with E-state index in [1.165, 1.54) is 12.3 Å². The van der Waals surface area contributed by atoms with E-state index in [4.69, 9.17) is 4.74 Å². The van der Waals surface area contributed by atoms with E-state index in [2.05, 4.69) is 10.3 Å². The number of hydrogen-bond acceptors (Lipinski definition) is 4. The molecule has 5 heteroatoms. The van der Waals surface area contributed by atoms with Gasteiger partial charge in [0.25, 0.3) is 5.91 Å². The van der Waals surface area contributed by atoms with Crippen LogP contribution in [0.15, 0.2) is 18.3 Å². The second-order valence-corrected chi connectivity index (χ2v) is 3.87. The van der Waals surface area contributed by atoms with E-state index in [1.54, 1.807) is 13.2 Å². The van der Waals surface area contributed by atoms with E-state index in [9.17, 15) is 9.90 Å². The summed E-state index contributed by atoms with van der Waals surface area (Å²) in [5.74, 6) is -0.430. The Morgan fingerprint density at radius 2 is 2.38 bits per heavy atom. The number of aromatic hydroxyl groups is 1. The molecule has 1 aromatic heterocycles. The summed E-state index contributed by atoms with van der Waals surface area (Å²) in [6.07, 6.45) is 3.35. The van der Waals surface area contributed by atoms with Gasteiger partial charge in [0.05, 0.1) is 6.10 Å². The molecule has 0 unspecified atom stereocenters. The quantitative estimate of drug-likeness (QED) is 0.789. The molecular weight excluding hydrogens is 208 g/mol. The highest BCUT2D eigenvalue weighted by Gasteiger charge is 2.30. The maximum Gasteiger partial charge on any atom is 0.273 e. The minimum atomic E-state index is -0.336. The van der Waals surface area contributed by atoms with Crippen molar-refractivity contribution in [3.8, 4) is 5.75 Å². The Balaban J connectivity index is 1.92. The van der Waals surface area contributed by atoms with Crippen molar-refractivity contribution in [3.05, 3.63) is 24.0 Å². The van der Waals surface area contributed by atoms with Gasteiger partial charge in [-0.25, -0.2) is 4.98 Å². The van der Waals surface area contributed by atoms with Gasteiger partial charge in [-0.05, 0) is 25.0 Å². The van der Waals surface area contributed by atoms with Crippen molar-refractivity contribution < 1.29 is 14.6 Å². The predicted molar refractivity (Wildman–Crippen MR) is 57.2 cm³/mol. The molecule has 0 bridgehead atoms. The Morgan fingerprint density at radius 1 is 1.62 bits per heavy atom. The van der Waals surface area contributed by atoms with Gasteiger partial charge in [-0.2, -0.15) is 0 Å². The van der Waals surface area contributed by atoms with Crippen molar-refractivity contribution in [3.63, 3.8) is 0 Å². The first-order chi connectivity index (χ1) is 7.70. The summed E-state index contributed by atoms with van der Waals surface area (Å²) in [7, 11) is 1.66. The lowest BCUT2D eigenvalue weighted by molar-refractivity contribution is 0.0175. The third-order valence-electron chi connectivity index (χ3n) is 2.76. The van der Waals surface area contributed by atoms with Gasteiger partial charge >= 0.3 is 0 Å². The molecule has 1 heterocycles. The van der Waals surface area contributed by atoms with E-state index in [0.29, 0.717) is 0 Å². The van der Waals surface area contributed by atoms with E-state index < -0.39 is 0 Å². The highest BCUT2D eigenvalue weighted by atomic mass is 16.5. The molecule has 0 atom stereocenters. The maximum atomic E-state index is 11.7. The Hall–Kier alpha value is -1.62. The molecule has 2 rings (SSSR count). The lowest BCUT2D eigenvalue weighted by Gasteiger charge is -2.34. The molecule has 1 amide bonds. The first kappa shape index (κ1) is 10.9. The number of hydrogen-bond donors (Lipinski definition) is 2. The first-order valence-electron chi connectivity index (χ1n) is 5.18. The van der Waals surface area contributed by atoms with Crippen LogP contribution >= 0.6 is 0 Å². The van der Waals surface area contributed by atoms with Crippen LogP contribution in [0.5, 0.6) is 5.75 Å². The van der Waals surface area contributed by atoms with Crippen LogP contribution in [-0.2, 0) is 4.74 Å². The molecule has 1 fully saturated rings. The summed E-state index contributed by atoms with van der Waals surface area (Å²) in [6, 6.07) is 3.15. The molecule has 0 saturated heterocycles. The van der Waals surface area contributed by atoms with E-state index >= 15 is 0 Å². The minimum Gasteiger partial charge on any atom is -0.505 e. The van der Waals surface area contributed by atoms with Crippen LogP contribution in [0.2, 0.25) is 0 Å². The van der Waals surface area contributed by atoms with Gasteiger partial charge in [-0.1, -0.05) is 0 Å². The van der Waals surface area contributed by atoms with Crippen LogP contribution in [0, 0.1) is 0 Å². The van der Waals surface area contributed by atoms with Gasteiger partial charge in [0.15, 0.2) is 5.69 Å². The van der Waals surface area contributed by atoms with Gasteiger partial charge in [0.2, 0.25) is 0 Å². The number of carbonyl (C=O) groups is 1. The molecule has 16 heavy (non-hydrogen) atoms. The SMILES string of the molecule is COC1CC(NC(=O)c2ncccc2O)C1. The average Bonchev–Trinajstić information content (AvgIpc) is 2.23. The topological polar surface area (TPSA) is 71.5 Å². The van der Waals surface area contributed by atoms with E-state index in [0.717, 1.165) is 12.8 Å². The second kappa shape index (κ2) is 4.49. The van der Waals surface area contributed by atoms with Crippen LogP contribution < -0.4 is 5.32 Å². The standard InChI is InChI=1S/C11H14N2O3/c1-16-8-5-7(6-8)13-11(15)10-9(14)3-2-4-12-10/h2-4,7-8,14H,5-6H2,1H3,(H,13,15). The smallest absolute Gasteiger partial charge is 0.273 e. The Kier molecular flexibility index (Phi) is 3.05. The number of nitrogens with one attached hydrogen (secondary N) is 1. The van der Waals surface area contributed by atoms with Crippen LogP contribution in [-0.4, -0.2) is 35.3 Å². The molecule has 1 saturated carbocycles. The molecule has 0 aromatic carbocycles. The highest BCUT2D eigenvalue weighted by Crippen LogP contribution is 2.23. The van der Waals surface area contributed by atoms with Crippen molar-refractivity contribution in [2.24, 2.45) is 0 Å². The number of rotatable bonds is 3. The molecular formula is C11H14N2O3. The van der Waals surface area contributed by atoms with Crippen molar-refractivity contribution >= 4 is 5.91 Å². The largest absolute Gasteiger partial charge is 0.505 e. The fraction of sp³-hybridized carbons (Fsp3) is 0.455. The third-order valence-corrected chi connectivity index (χ3v) is 2.76. The van der Waals surface area contributed by atoms with Gasteiger partial charge in [0, 0.05) is 19.3 Å². The lowest BCUT2D eigenvalue weighted by atomic mass is 9.89. The highest BCUT2D eigenvalue weighted by molar-refractivity contribution is 5.94. The molecule has 86 valence electrons. The summed E-state index contributed by atoms with van der Waals surface area (Å²) in [5, 5.41) is 12.2. The molecule has 2 N–H and O–H groups in total. The van der Waals surface area contributed by atoms with Gasteiger partial charge in [-0.3, -0.25) is 4.79 Å². The normalized spacial score (nSPS) is 23.6. The summed E-state index contributed by atoms with van der Waals surface area (Å²) in [5.41, 5.74) is 0.0726. The number of carbonyl (C=O) groups excluding carboxylic acids is 1. The zero-order valence-electron chi connectivity index (χ0n) is 9.01. The molecule has 0 spiro atoms. The molecule has 1 aliphatic rings. The number of methoxy groups -OCH3 is 1. The molecule has 0 aliphatic heterocycles. The zero-order chi connectivity index (χ0) is 11.5. The lowest BCUT2D eigenvalue weighted by Crippen LogP contribution is -2.47. The van der Waals surface area contributed by atoms with Crippen LogP contribution in [0.3, 0.4) is 0 Å². The van der Waals surface area contributed by atoms with Gasteiger partial charge in [0.1, 0.15) is 5.75 Å². The van der Waals surface area contributed by atoms with Crippen molar-refractivity contribution in [2.45, 2.75) is 25.0 Å². The third kappa shape index (κ3) is 2.14. The summed E-state index contributed by atoms with van der Waals surface area (Å²) < 4.78 is 5.11. The Labute approximate surface area is 93.5 Å². The van der Waals surface area contributed by atoms with Crippen molar-refractivity contribution in [2.75, 3.05) is 7.11 Å². The molecule has 1 aromatic rings. The average molecular weight is 222 g/mol. The monoisotopic (exact) mass is 222 g/mol. The number of pyridine rings is 1. The maximum absolute atomic E-state index is 11.7. The minimum absolute atomic E-state index is 0.0726. The summed E-state index contributed by atoms with van der Waals surface area (Å²) >= 11 is 0. The van der Waals surface area contributed by atoms with Crippen LogP contribution in [0.1, 0.15) is 23.3 Å². The molecule has 5 nitrogen and oxygen atoms in total. The van der Waals surface area contributed by atoms with Crippen LogP contribution in [0.4, 0.5) is 0 Å². The predicted octanol–water partition coefficient (Wildman–Crippen LogP) is 0.694. The van der Waals surface area contributed by atoms with Crippen LogP contribution in [0.25, 0.3) is 0 Å². The zero-order valence-corrected chi connectivity index (χ0v) is 9.01. The summed E-state index contributed by atoms with van der Waals surface area (Å²) in [4.78, 5) is 15.5. The number of ether oxygens (including phenoxy) is 1. The Bertz CT molecular complexity index is 389. The first-order valence-corrected chi connectivity index (χ1v) is 5.18. The number of aromatic nitrogens is 1.